The van der Waals surface area contributed by atoms with Gasteiger partial charge < -0.3 is 15.6 Å². The van der Waals surface area contributed by atoms with E-state index in [4.69, 9.17) is 10.3 Å². The van der Waals surface area contributed by atoms with Crippen LogP contribution in [0.15, 0.2) is 22.7 Å². The molecule has 0 saturated carbocycles. The predicted molar refractivity (Wildman–Crippen MR) is 64.7 cm³/mol. The zero-order valence-electron chi connectivity index (χ0n) is 9.95. The highest BCUT2D eigenvalue weighted by Gasteiger charge is 2.18. The Kier molecular flexibility index (Phi) is 3.01. The summed E-state index contributed by atoms with van der Waals surface area (Å²) in [6, 6.07) is 3.96. The molecule has 0 aliphatic heterocycles. The number of carbonyl (C=O) groups is 1. The monoisotopic (exact) mass is 249 g/mol. The van der Waals surface area contributed by atoms with E-state index in [2.05, 4.69) is 10.5 Å². The van der Waals surface area contributed by atoms with Gasteiger partial charge in [-0.25, -0.2) is 4.39 Å². The summed E-state index contributed by atoms with van der Waals surface area (Å²) < 4.78 is 18.3. The number of hydrogen-bond acceptors (Lipinski definition) is 4. The van der Waals surface area contributed by atoms with Crippen molar-refractivity contribution < 1.29 is 13.7 Å². The Labute approximate surface area is 103 Å². The molecule has 0 aliphatic carbocycles. The van der Waals surface area contributed by atoms with Crippen LogP contribution in [0.5, 0.6) is 0 Å². The number of carbonyl (C=O) groups excluding carboxylic acids is 1. The highest BCUT2D eigenvalue weighted by molar-refractivity contribution is 6.05. The largest absolute Gasteiger partial charge is 0.399 e. The van der Waals surface area contributed by atoms with E-state index in [-0.39, 0.29) is 5.69 Å². The van der Waals surface area contributed by atoms with E-state index in [9.17, 15) is 9.18 Å². The van der Waals surface area contributed by atoms with Gasteiger partial charge in [0.25, 0.3) is 5.91 Å². The molecule has 0 radical (unpaired) electrons. The van der Waals surface area contributed by atoms with Crippen molar-refractivity contribution in [3.8, 4) is 0 Å². The number of amides is 1. The average molecular weight is 249 g/mol. The zero-order chi connectivity index (χ0) is 13.3. The van der Waals surface area contributed by atoms with Crippen LogP contribution in [0.4, 0.5) is 15.8 Å². The Morgan fingerprint density at radius 2 is 2.17 bits per heavy atom. The minimum Gasteiger partial charge on any atom is -0.399 e. The Morgan fingerprint density at radius 1 is 1.44 bits per heavy atom. The van der Waals surface area contributed by atoms with Gasteiger partial charge in [0.05, 0.1) is 11.4 Å². The van der Waals surface area contributed by atoms with Crippen molar-refractivity contribution in [3.63, 3.8) is 0 Å². The van der Waals surface area contributed by atoms with Crippen LogP contribution in [0, 0.1) is 19.7 Å². The lowest BCUT2D eigenvalue weighted by atomic mass is 10.2. The molecule has 0 aliphatic rings. The Morgan fingerprint density at radius 3 is 2.78 bits per heavy atom. The molecule has 2 aromatic rings. The second kappa shape index (κ2) is 4.48. The van der Waals surface area contributed by atoms with Gasteiger partial charge >= 0.3 is 0 Å². The molecule has 6 heteroatoms. The maximum atomic E-state index is 13.5. The van der Waals surface area contributed by atoms with E-state index in [0.717, 1.165) is 0 Å². The predicted octanol–water partition coefficient (Wildman–Crippen LogP) is 2.27. The number of aryl methyl sites for hydroxylation is 2. The van der Waals surface area contributed by atoms with Crippen molar-refractivity contribution in [1.82, 2.24) is 5.16 Å². The average Bonchev–Trinajstić information content (AvgIpc) is 2.63. The fourth-order valence-electron chi connectivity index (χ4n) is 1.63. The highest BCUT2D eigenvalue weighted by Crippen LogP contribution is 2.20. The van der Waals surface area contributed by atoms with E-state index in [1.807, 2.05) is 0 Å². The molecule has 0 bridgehead atoms. The lowest BCUT2D eigenvalue weighted by Gasteiger charge is -2.06. The van der Waals surface area contributed by atoms with Gasteiger partial charge in [-0.1, -0.05) is 5.16 Å². The number of nitrogens with zero attached hydrogens (tertiary/aromatic N) is 1. The smallest absolute Gasteiger partial charge is 0.261 e. The molecule has 1 heterocycles. The number of nitrogens with one attached hydrogen (secondary N) is 1. The molecule has 0 unspecified atom stereocenters. The Balaban J connectivity index is 2.30. The normalized spacial score (nSPS) is 10.4. The molecule has 1 aromatic heterocycles. The first-order valence-corrected chi connectivity index (χ1v) is 5.28. The number of nitrogen functional groups attached to an aromatic ring is 1. The fourth-order valence-corrected chi connectivity index (χ4v) is 1.63. The van der Waals surface area contributed by atoms with Gasteiger partial charge in [-0.15, -0.1) is 0 Å². The van der Waals surface area contributed by atoms with Gasteiger partial charge in [0, 0.05) is 5.69 Å². The van der Waals surface area contributed by atoms with E-state index < -0.39 is 11.7 Å². The van der Waals surface area contributed by atoms with E-state index in [0.29, 0.717) is 22.7 Å². The number of nitrogens with two attached hydrogens (primary N) is 1. The minimum absolute atomic E-state index is 0.0278. The van der Waals surface area contributed by atoms with Crippen molar-refractivity contribution in [2.45, 2.75) is 13.8 Å². The summed E-state index contributed by atoms with van der Waals surface area (Å²) in [5.74, 6) is -0.644. The van der Waals surface area contributed by atoms with Gasteiger partial charge in [-0.05, 0) is 32.0 Å². The van der Waals surface area contributed by atoms with Crippen LogP contribution < -0.4 is 11.1 Å². The molecule has 3 N–H and O–H groups in total. The molecular formula is C12H12FN3O2. The van der Waals surface area contributed by atoms with Crippen LogP contribution in [0.25, 0.3) is 0 Å². The SMILES string of the molecule is Cc1noc(C)c1C(=O)Nc1cc(N)ccc1F. The fraction of sp³-hybridized carbons (Fsp3) is 0.167. The summed E-state index contributed by atoms with van der Waals surface area (Å²) in [6.45, 7) is 3.26. The van der Waals surface area contributed by atoms with Crippen molar-refractivity contribution in [3.05, 3.63) is 41.0 Å². The molecule has 2 rings (SSSR count). The lowest BCUT2D eigenvalue weighted by molar-refractivity contribution is 0.102. The third-order valence-corrected chi connectivity index (χ3v) is 2.50. The lowest BCUT2D eigenvalue weighted by Crippen LogP contribution is -2.14. The molecular weight excluding hydrogens is 237 g/mol. The van der Waals surface area contributed by atoms with Gasteiger partial charge in [0.15, 0.2) is 0 Å². The standard InChI is InChI=1S/C12H12FN3O2/c1-6-11(7(2)18-16-6)12(17)15-10-5-8(14)3-4-9(10)13/h3-5H,14H2,1-2H3,(H,15,17). The van der Waals surface area contributed by atoms with Crippen LogP contribution in [0.1, 0.15) is 21.8 Å². The summed E-state index contributed by atoms with van der Waals surface area (Å²) in [6.07, 6.45) is 0. The van der Waals surface area contributed by atoms with E-state index in [1.54, 1.807) is 13.8 Å². The van der Waals surface area contributed by atoms with Crippen LogP contribution in [0.3, 0.4) is 0 Å². The van der Waals surface area contributed by atoms with Crippen molar-refractivity contribution in [1.29, 1.82) is 0 Å². The molecule has 1 amide bonds. The molecule has 0 saturated heterocycles. The Bertz CT molecular complexity index is 588. The first-order valence-electron chi connectivity index (χ1n) is 5.28. The van der Waals surface area contributed by atoms with Crippen molar-refractivity contribution >= 4 is 17.3 Å². The number of aromatic nitrogens is 1. The summed E-state index contributed by atoms with van der Waals surface area (Å²) in [5.41, 5.74) is 6.68. The van der Waals surface area contributed by atoms with Crippen molar-refractivity contribution in [2.24, 2.45) is 0 Å². The van der Waals surface area contributed by atoms with Gasteiger partial charge in [-0.3, -0.25) is 4.79 Å². The van der Waals surface area contributed by atoms with E-state index in [1.165, 1.54) is 18.2 Å². The molecule has 1 aromatic carbocycles. The molecule has 94 valence electrons. The summed E-state index contributed by atoms with van der Waals surface area (Å²) in [7, 11) is 0. The maximum Gasteiger partial charge on any atom is 0.261 e. The molecule has 18 heavy (non-hydrogen) atoms. The number of halogens is 1. The second-order valence-corrected chi connectivity index (χ2v) is 3.89. The number of anilines is 2. The number of rotatable bonds is 2. The quantitative estimate of drug-likeness (QED) is 0.800. The third-order valence-electron chi connectivity index (χ3n) is 2.50. The van der Waals surface area contributed by atoms with E-state index >= 15 is 0 Å². The number of hydrogen-bond donors (Lipinski definition) is 2. The highest BCUT2D eigenvalue weighted by atomic mass is 19.1. The zero-order valence-corrected chi connectivity index (χ0v) is 9.95. The maximum absolute atomic E-state index is 13.5. The minimum atomic E-state index is -0.552. The number of benzene rings is 1. The topological polar surface area (TPSA) is 81.2 Å². The molecule has 5 nitrogen and oxygen atoms in total. The second-order valence-electron chi connectivity index (χ2n) is 3.89. The van der Waals surface area contributed by atoms with Crippen LogP contribution in [-0.4, -0.2) is 11.1 Å². The van der Waals surface area contributed by atoms with Gasteiger partial charge in [-0.2, -0.15) is 0 Å². The van der Waals surface area contributed by atoms with Crippen LogP contribution in [0.2, 0.25) is 0 Å². The van der Waals surface area contributed by atoms with Crippen molar-refractivity contribution in [2.75, 3.05) is 11.1 Å². The van der Waals surface area contributed by atoms with Crippen LogP contribution >= 0.6 is 0 Å². The first kappa shape index (κ1) is 12.1. The molecule has 0 atom stereocenters. The summed E-state index contributed by atoms with van der Waals surface area (Å²) in [5, 5.41) is 6.11. The Hall–Kier alpha value is -2.37. The molecule has 0 spiro atoms. The summed E-state index contributed by atoms with van der Waals surface area (Å²) in [4.78, 5) is 12.0. The first-order chi connectivity index (χ1) is 8.49. The summed E-state index contributed by atoms with van der Waals surface area (Å²) >= 11 is 0. The third kappa shape index (κ3) is 2.17. The molecule has 0 fully saturated rings. The van der Waals surface area contributed by atoms with Gasteiger partial charge in [0.2, 0.25) is 0 Å². The van der Waals surface area contributed by atoms with Gasteiger partial charge in [0.1, 0.15) is 17.1 Å². The van der Waals surface area contributed by atoms with Crippen LogP contribution in [-0.2, 0) is 0 Å².